The number of rotatable bonds is 7. The van der Waals surface area contributed by atoms with Crippen LogP contribution in [-0.4, -0.2) is 55.2 Å². The third-order valence-electron chi connectivity index (χ3n) is 5.00. The molecule has 0 aliphatic heterocycles. The van der Waals surface area contributed by atoms with Crippen LogP contribution in [0.25, 0.3) is 27.9 Å². The number of likely N-dealkylation sites (N-methyl/N-ethyl adjacent to an activating group) is 1. The fourth-order valence-electron chi connectivity index (χ4n) is 3.46. The van der Waals surface area contributed by atoms with E-state index in [9.17, 15) is 0 Å². The minimum absolute atomic E-state index is 0.637. The Bertz CT molecular complexity index is 1060. The van der Waals surface area contributed by atoms with E-state index in [-0.39, 0.29) is 0 Å². The van der Waals surface area contributed by atoms with Gasteiger partial charge in [-0.3, -0.25) is 0 Å². The van der Waals surface area contributed by atoms with Crippen molar-refractivity contribution in [2.24, 2.45) is 7.05 Å². The number of anilines is 1. The Morgan fingerprint density at radius 2 is 1.89 bits per heavy atom. The highest BCUT2D eigenvalue weighted by atomic mass is 15.3. The largest absolute Gasteiger partial charge is 0.353 e. The van der Waals surface area contributed by atoms with Gasteiger partial charge in [-0.2, -0.15) is 19.6 Å². The Balaban J connectivity index is 1.73. The molecule has 4 rings (SSSR count). The monoisotopic (exact) mass is 363 g/mol. The van der Waals surface area contributed by atoms with Crippen LogP contribution in [0.2, 0.25) is 0 Å². The summed E-state index contributed by atoms with van der Waals surface area (Å²) in [6, 6.07) is 10.2. The minimum Gasteiger partial charge on any atom is -0.353 e. The van der Waals surface area contributed by atoms with Crippen LogP contribution in [0.4, 0.5) is 5.95 Å². The zero-order chi connectivity index (χ0) is 18.8. The Kier molecular flexibility index (Phi) is 4.77. The van der Waals surface area contributed by atoms with Crippen LogP contribution in [0.3, 0.4) is 0 Å². The van der Waals surface area contributed by atoms with Crippen molar-refractivity contribution in [3.8, 4) is 11.4 Å². The van der Waals surface area contributed by atoms with Gasteiger partial charge in [0.25, 0.3) is 0 Å². The molecule has 140 valence electrons. The fourth-order valence-corrected chi connectivity index (χ4v) is 3.46. The maximum atomic E-state index is 4.80. The van der Waals surface area contributed by atoms with Gasteiger partial charge in [-0.25, -0.2) is 0 Å². The summed E-state index contributed by atoms with van der Waals surface area (Å²) in [7, 11) is 2.05. The molecular formula is C20H25N7. The number of aromatic nitrogens is 5. The second-order valence-corrected chi connectivity index (χ2v) is 6.60. The highest BCUT2D eigenvalue weighted by Gasteiger charge is 2.15. The first kappa shape index (κ1) is 17.5. The SMILES string of the molecule is CCN(CC)CCNc1nc(-c2cn(C)c3ccccc23)n2nccc2n1. The van der Waals surface area contributed by atoms with E-state index in [4.69, 9.17) is 4.98 Å². The molecule has 7 nitrogen and oxygen atoms in total. The second kappa shape index (κ2) is 7.36. The molecule has 4 aromatic rings. The van der Waals surface area contributed by atoms with E-state index in [1.807, 2.05) is 6.07 Å². The molecule has 1 aromatic carbocycles. The summed E-state index contributed by atoms with van der Waals surface area (Å²) >= 11 is 0. The second-order valence-electron chi connectivity index (χ2n) is 6.60. The Morgan fingerprint density at radius 1 is 1.07 bits per heavy atom. The van der Waals surface area contributed by atoms with E-state index >= 15 is 0 Å². The van der Waals surface area contributed by atoms with Gasteiger partial charge < -0.3 is 14.8 Å². The number of aryl methyl sites for hydroxylation is 1. The molecular weight excluding hydrogens is 338 g/mol. The summed E-state index contributed by atoms with van der Waals surface area (Å²) < 4.78 is 3.92. The van der Waals surface area contributed by atoms with Crippen molar-refractivity contribution >= 4 is 22.5 Å². The van der Waals surface area contributed by atoms with Gasteiger partial charge in [0.05, 0.1) is 6.20 Å². The smallest absolute Gasteiger partial charge is 0.226 e. The summed E-state index contributed by atoms with van der Waals surface area (Å²) in [5.74, 6) is 1.44. The molecule has 0 unspecified atom stereocenters. The molecule has 0 saturated carbocycles. The van der Waals surface area contributed by atoms with Gasteiger partial charge in [0, 0.05) is 48.9 Å². The summed E-state index contributed by atoms with van der Waals surface area (Å²) in [6.45, 7) is 8.21. The number of nitrogens with one attached hydrogen (secondary N) is 1. The molecule has 0 aliphatic rings. The molecule has 0 radical (unpaired) electrons. The topological polar surface area (TPSA) is 63.3 Å². The summed E-state index contributed by atoms with van der Waals surface area (Å²) in [5.41, 5.74) is 3.01. The van der Waals surface area contributed by atoms with Crippen molar-refractivity contribution in [2.45, 2.75) is 13.8 Å². The summed E-state index contributed by atoms with van der Waals surface area (Å²) in [4.78, 5) is 11.8. The Labute approximate surface area is 158 Å². The van der Waals surface area contributed by atoms with Crippen LogP contribution in [0, 0.1) is 0 Å². The first-order chi connectivity index (χ1) is 13.2. The molecule has 0 saturated heterocycles. The lowest BCUT2D eigenvalue weighted by atomic mass is 10.1. The van der Waals surface area contributed by atoms with E-state index < -0.39 is 0 Å². The maximum absolute atomic E-state index is 4.80. The lowest BCUT2D eigenvalue weighted by Gasteiger charge is -2.18. The zero-order valence-corrected chi connectivity index (χ0v) is 16.1. The van der Waals surface area contributed by atoms with Gasteiger partial charge in [-0.1, -0.05) is 32.0 Å². The van der Waals surface area contributed by atoms with Crippen molar-refractivity contribution in [1.29, 1.82) is 0 Å². The number of hydrogen-bond acceptors (Lipinski definition) is 5. The van der Waals surface area contributed by atoms with Crippen molar-refractivity contribution in [3.05, 3.63) is 42.7 Å². The molecule has 1 N–H and O–H groups in total. The number of para-hydroxylation sites is 1. The Hall–Kier alpha value is -2.93. The van der Waals surface area contributed by atoms with Crippen LogP contribution in [0.1, 0.15) is 13.8 Å². The first-order valence-corrected chi connectivity index (χ1v) is 9.43. The molecule has 0 bridgehead atoms. The molecule has 0 aliphatic carbocycles. The van der Waals surface area contributed by atoms with E-state index in [0.29, 0.717) is 5.95 Å². The Morgan fingerprint density at radius 3 is 2.70 bits per heavy atom. The lowest BCUT2D eigenvalue weighted by molar-refractivity contribution is 0.316. The summed E-state index contributed by atoms with van der Waals surface area (Å²) in [5, 5.41) is 8.97. The van der Waals surface area contributed by atoms with Crippen molar-refractivity contribution in [1.82, 2.24) is 29.0 Å². The quantitative estimate of drug-likeness (QED) is 0.547. The highest BCUT2D eigenvalue weighted by Crippen LogP contribution is 2.29. The molecule has 27 heavy (non-hydrogen) atoms. The number of hydrogen-bond donors (Lipinski definition) is 1. The highest BCUT2D eigenvalue weighted by molar-refractivity contribution is 5.94. The van der Waals surface area contributed by atoms with Crippen molar-refractivity contribution < 1.29 is 0 Å². The predicted octanol–water partition coefficient (Wildman–Crippen LogP) is 3.04. The standard InChI is InChI=1S/C20H25N7/c1-4-26(5-2)13-12-21-20-23-18-10-11-22-27(18)19(24-20)16-14-25(3)17-9-7-6-8-15(16)17/h6-11,14H,4-5,12-13H2,1-3H3,(H,21,23). The molecule has 0 spiro atoms. The molecule has 7 heteroatoms. The fraction of sp³-hybridized carbons (Fsp3) is 0.350. The zero-order valence-electron chi connectivity index (χ0n) is 16.1. The van der Waals surface area contributed by atoms with Gasteiger partial charge in [-0.05, 0) is 19.2 Å². The van der Waals surface area contributed by atoms with Crippen LogP contribution in [0.5, 0.6) is 0 Å². The van der Waals surface area contributed by atoms with Crippen molar-refractivity contribution in [3.63, 3.8) is 0 Å². The predicted molar refractivity (Wildman–Crippen MR) is 109 cm³/mol. The van der Waals surface area contributed by atoms with Gasteiger partial charge >= 0.3 is 0 Å². The number of benzene rings is 1. The van der Waals surface area contributed by atoms with Gasteiger partial charge in [-0.15, -0.1) is 0 Å². The first-order valence-electron chi connectivity index (χ1n) is 9.43. The summed E-state index contributed by atoms with van der Waals surface area (Å²) in [6.07, 6.45) is 3.87. The average Bonchev–Trinajstić information content (AvgIpc) is 3.30. The van der Waals surface area contributed by atoms with E-state index in [2.05, 4.69) is 76.2 Å². The van der Waals surface area contributed by atoms with Gasteiger partial charge in [0.2, 0.25) is 5.95 Å². The van der Waals surface area contributed by atoms with E-state index in [0.717, 1.165) is 48.6 Å². The van der Waals surface area contributed by atoms with Gasteiger partial charge in [0.15, 0.2) is 11.5 Å². The van der Waals surface area contributed by atoms with E-state index in [1.54, 1.807) is 10.7 Å². The maximum Gasteiger partial charge on any atom is 0.226 e. The molecule has 3 heterocycles. The average molecular weight is 363 g/mol. The van der Waals surface area contributed by atoms with Crippen molar-refractivity contribution in [2.75, 3.05) is 31.5 Å². The third-order valence-corrected chi connectivity index (χ3v) is 5.00. The minimum atomic E-state index is 0.637. The molecule has 0 amide bonds. The number of nitrogens with zero attached hydrogens (tertiary/aromatic N) is 6. The molecule has 0 atom stereocenters. The molecule has 3 aromatic heterocycles. The normalized spacial score (nSPS) is 11.7. The third kappa shape index (κ3) is 3.26. The number of fused-ring (bicyclic) bond motifs is 2. The van der Waals surface area contributed by atoms with Gasteiger partial charge in [0.1, 0.15) is 0 Å². The van der Waals surface area contributed by atoms with Crippen LogP contribution < -0.4 is 5.32 Å². The van der Waals surface area contributed by atoms with E-state index in [1.165, 1.54) is 5.52 Å². The van der Waals surface area contributed by atoms with Crippen LogP contribution in [-0.2, 0) is 7.05 Å². The van der Waals surface area contributed by atoms with Crippen LogP contribution >= 0.6 is 0 Å². The van der Waals surface area contributed by atoms with Crippen LogP contribution in [0.15, 0.2) is 42.7 Å². The lowest BCUT2D eigenvalue weighted by Crippen LogP contribution is -2.29. The molecule has 0 fully saturated rings.